The highest BCUT2D eigenvalue weighted by molar-refractivity contribution is 7.01. The number of para-hydroxylation sites is 1. The molecule has 0 radical (unpaired) electrons. The number of benzene rings is 9. The first-order chi connectivity index (χ1) is 27.3. The molecule has 0 atom stereocenters. The number of aromatic nitrogens is 2. The second-order valence-corrected chi connectivity index (χ2v) is 15.2. The zero-order valence-electron chi connectivity index (χ0n) is 29.9. The fourth-order valence-electron chi connectivity index (χ4n) is 10.2. The van der Waals surface area contributed by atoms with E-state index in [0.717, 1.165) is 0 Å². The molecule has 55 heavy (non-hydrogen) atoms. The lowest BCUT2D eigenvalue weighted by Crippen LogP contribution is -2.59. The van der Waals surface area contributed by atoms with E-state index in [9.17, 15) is 0 Å². The van der Waals surface area contributed by atoms with E-state index < -0.39 is 0 Å². The summed E-state index contributed by atoms with van der Waals surface area (Å²) in [5.74, 6) is 0. The number of nitrogens with zero attached hydrogens (tertiary/aromatic N) is 2. The molecule has 2 aliphatic rings. The minimum Gasteiger partial charge on any atom is -0.310 e. The van der Waals surface area contributed by atoms with Crippen molar-refractivity contribution in [1.29, 1.82) is 0 Å². The van der Waals surface area contributed by atoms with Gasteiger partial charge in [-0.1, -0.05) is 158 Å². The summed E-state index contributed by atoms with van der Waals surface area (Å²) in [5, 5.41) is 9.01. The van der Waals surface area contributed by atoms with E-state index in [-0.39, 0.29) is 6.71 Å². The van der Waals surface area contributed by atoms with E-state index in [1.165, 1.54) is 116 Å². The third-order valence-electron chi connectivity index (χ3n) is 12.4. The smallest absolute Gasteiger partial charge is 0.253 e. The van der Waals surface area contributed by atoms with Crippen LogP contribution < -0.4 is 16.4 Å². The number of hydrogen-bond acceptors (Lipinski definition) is 0. The molecule has 252 valence electrons. The van der Waals surface area contributed by atoms with Gasteiger partial charge in [-0.15, -0.1) is 0 Å². The summed E-state index contributed by atoms with van der Waals surface area (Å²) < 4.78 is 5.24. The van der Waals surface area contributed by atoms with Crippen LogP contribution in [0.2, 0.25) is 0 Å². The largest absolute Gasteiger partial charge is 0.310 e. The maximum atomic E-state index is 2.64. The standard InChI is InChI=1S/C52H31BN2/c1-4-15-32(16-5-1)38-30-45-49-46(31-38)55-50(34-19-8-3-9-20-34)47(33-17-6-2-7-18-33)42-28-37-23-12-13-24-39(37)48(52(42)55)53(49)43-26-14-25-40-41-27-35-21-10-11-22-36(35)29-44(41)54(45)51(40)43/h1-31H. The normalized spacial score (nSPS) is 12.7. The molecule has 0 N–H and O–H groups in total. The maximum absolute atomic E-state index is 2.64. The molecule has 0 saturated carbocycles. The molecule has 0 aliphatic carbocycles. The molecule has 2 aromatic heterocycles. The van der Waals surface area contributed by atoms with Crippen LogP contribution in [0, 0.1) is 0 Å². The molecule has 0 fully saturated rings. The topological polar surface area (TPSA) is 9.86 Å². The molecule has 2 aliphatic heterocycles. The number of rotatable bonds is 3. The maximum Gasteiger partial charge on any atom is 0.253 e. The van der Waals surface area contributed by atoms with Crippen LogP contribution in [-0.4, -0.2) is 15.8 Å². The first-order valence-electron chi connectivity index (χ1n) is 19.2. The molecule has 9 aromatic carbocycles. The van der Waals surface area contributed by atoms with Crippen molar-refractivity contribution < 1.29 is 0 Å². The summed E-state index contributed by atoms with van der Waals surface area (Å²) in [6, 6.07) is 70.2. The van der Waals surface area contributed by atoms with Gasteiger partial charge in [0.15, 0.2) is 0 Å². The molecule has 4 heterocycles. The van der Waals surface area contributed by atoms with Crippen molar-refractivity contribution >= 4 is 77.4 Å². The van der Waals surface area contributed by atoms with Crippen LogP contribution in [0.3, 0.4) is 0 Å². The van der Waals surface area contributed by atoms with E-state index in [1.807, 2.05) is 0 Å². The lowest BCUT2D eigenvalue weighted by Gasteiger charge is -2.35. The second-order valence-electron chi connectivity index (χ2n) is 15.2. The van der Waals surface area contributed by atoms with Gasteiger partial charge in [-0.25, -0.2) is 0 Å². The van der Waals surface area contributed by atoms with Crippen molar-refractivity contribution in [2.45, 2.75) is 0 Å². The zero-order valence-corrected chi connectivity index (χ0v) is 29.9. The van der Waals surface area contributed by atoms with Gasteiger partial charge in [-0.2, -0.15) is 0 Å². The highest BCUT2D eigenvalue weighted by Gasteiger charge is 2.43. The molecule has 0 unspecified atom stereocenters. The van der Waals surface area contributed by atoms with Gasteiger partial charge in [0.05, 0.1) is 16.7 Å². The van der Waals surface area contributed by atoms with Crippen molar-refractivity contribution in [1.82, 2.24) is 9.13 Å². The van der Waals surface area contributed by atoms with E-state index in [2.05, 4.69) is 197 Å². The van der Waals surface area contributed by atoms with Gasteiger partial charge in [0, 0.05) is 38.6 Å². The quantitative estimate of drug-likeness (QED) is 0.163. The lowest BCUT2D eigenvalue weighted by atomic mass is 9.33. The third kappa shape index (κ3) is 3.84. The van der Waals surface area contributed by atoms with E-state index in [1.54, 1.807) is 0 Å². The summed E-state index contributed by atoms with van der Waals surface area (Å²) in [6.45, 7) is 0.0352. The molecule has 13 rings (SSSR count). The molecule has 0 bridgehead atoms. The highest BCUT2D eigenvalue weighted by atomic mass is 15.0. The predicted octanol–water partition coefficient (Wildman–Crippen LogP) is 11.2. The van der Waals surface area contributed by atoms with Gasteiger partial charge in [0.1, 0.15) is 0 Å². The lowest BCUT2D eigenvalue weighted by molar-refractivity contribution is 1.12. The Morgan fingerprint density at radius 3 is 1.67 bits per heavy atom. The van der Waals surface area contributed by atoms with Crippen molar-refractivity contribution in [2.75, 3.05) is 0 Å². The Labute approximate surface area is 318 Å². The summed E-state index contributed by atoms with van der Waals surface area (Å²) in [6.07, 6.45) is 0. The van der Waals surface area contributed by atoms with Gasteiger partial charge >= 0.3 is 0 Å². The van der Waals surface area contributed by atoms with E-state index in [0.29, 0.717) is 0 Å². The fraction of sp³-hybridized carbons (Fsp3) is 0. The van der Waals surface area contributed by atoms with Crippen LogP contribution in [0.5, 0.6) is 0 Å². The minimum atomic E-state index is 0.0352. The molecule has 0 amide bonds. The van der Waals surface area contributed by atoms with Crippen LogP contribution in [-0.2, 0) is 0 Å². The predicted molar refractivity (Wildman–Crippen MR) is 234 cm³/mol. The average molecular weight is 695 g/mol. The van der Waals surface area contributed by atoms with Crippen LogP contribution in [0.1, 0.15) is 0 Å². The second kappa shape index (κ2) is 10.7. The number of hydrogen-bond donors (Lipinski definition) is 0. The molecule has 3 heteroatoms. The van der Waals surface area contributed by atoms with Crippen molar-refractivity contribution in [2.24, 2.45) is 0 Å². The molecule has 11 aromatic rings. The third-order valence-corrected chi connectivity index (χ3v) is 12.4. The van der Waals surface area contributed by atoms with Crippen LogP contribution >= 0.6 is 0 Å². The van der Waals surface area contributed by atoms with E-state index >= 15 is 0 Å². The van der Waals surface area contributed by atoms with Gasteiger partial charge in [0.2, 0.25) is 0 Å². The fourth-order valence-corrected chi connectivity index (χ4v) is 10.2. The summed E-state index contributed by atoms with van der Waals surface area (Å²) in [7, 11) is 0. The van der Waals surface area contributed by atoms with Crippen LogP contribution in [0.25, 0.3) is 99.1 Å². The Kier molecular flexibility index (Phi) is 5.74. The Hall–Kier alpha value is -7.10. The first kappa shape index (κ1) is 29.4. The molecule has 2 nitrogen and oxygen atoms in total. The van der Waals surface area contributed by atoms with E-state index in [4.69, 9.17) is 0 Å². The summed E-state index contributed by atoms with van der Waals surface area (Å²) >= 11 is 0. The van der Waals surface area contributed by atoms with Crippen LogP contribution in [0.15, 0.2) is 188 Å². The molecule has 0 spiro atoms. The summed E-state index contributed by atoms with van der Waals surface area (Å²) in [4.78, 5) is 0. The monoisotopic (exact) mass is 694 g/mol. The minimum absolute atomic E-state index is 0.0352. The van der Waals surface area contributed by atoms with Gasteiger partial charge in [0.25, 0.3) is 6.71 Å². The molecule has 0 saturated heterocycles. The zero-order chi connectivity index (χ0) is 35.8. The Morgan fingerprint density at radius 2 is 0.927 bits per heavy atom. The van der Waals surface area contributed by atoms with Crippen molar-refractivity contribution in [3.63, 3.8) is 0 Å². The van der Waals surface area contributed by atoms with Gasteiger partial charge < -0.3 is 9.13 Å². The van der Waals surface area contributed by atoms with Gasteiger partial charge in [-0.05, 0) is 90.5 Å². The van der Waals surface area contributed by atoms with Crippen LogP contribution in [0.4, 0.5) is 0 Å². The van der Waals surface area contributed by atoms with Crippen molar-refractivity contribution in [3.05, 3.63) is 188 Å². The summed E-state index contributed by atoms with van der Waals surface area (Å²) in [5.41, 5.74) is 17.9. The molecular formula is C52H31BN2. The SMILES string of the molecule is c1ccc(-c2cc3c4c(c2)-n2c5cc6ccccc6cc5c5cccc(c52)B4c2c4ccccc4cc4c(-c5ccccc5)c(-c5ccccc5)n-3c24)cc1. The Morgan fingerprint density at radius 1 is 0.345 bits per heavy atom. The van der Waals surface area contributed by atoms with Crippen molar-refractivity contribution in [3.8, 4) is 44.9 Å². The average Bonchev–Trinajstić information content (AvgIpc) is 3.77. The Balaban J connectivity index is 1.30. The highest BCUT2D eigenvalue weighted by Crippen LogP contribution is 2.47. The Bertz CT molecular complexity index is 3410. The number of fused-ring (bicyclic) bond motifs is 10. The molecular weight excluding hydrogens is 663 g/mol. The van der Waals surface area contributed by atoms with Gasteiger partial charge in [-0.3, -0.25) is 0 Å². The first-order valence-corrected chi connectivity index (χ1v) is 19.2.